The van der Waals surface area contributed by atoms with Gasteiger partial charge >= 0.3 is 0 Å². The molecule has 1 saturated carbocycles. The lowest BCUT2D eigenvalue weighted by molar-refractivity contribution is -0.122. The minimum Gasteiger partial charge on any atom is -0.405 e. The van der Waals surface area contributed by atoms with Crippen molar-refractivity contribution in [3.05, 3.63) is 95.7 Å². The fourth-order valence-corrected chi connectivity index (χ4v) is 3.93. The molecule has 0 spiro atoms. The van der Waals surface area contributed by atoms with Crippen LogP contribution in [0.1, 0.15) is 58.1 Å². The van der Waals surface area contributed by atoms with Gasteiger partial charge in [0.15, 0.2) is 0 Å². The van der Waals surface area contributed by atoms with Crippen LogP contribution in [0, 0.1) is 11.7 Å². The largest absolute Gasteiger partial charge is 0.405 e. The molecule has 0 saturated heterocycles. The van der Waals surface area contributed by atoms with E-state index < -0.39 is 0 Å². The SMILES string of the molecule is C=C(Nc1cccc(C(C)(C)C)c1)Nc1ccc(CCC(/C=C\N)=C/C(C)NC(=O)C2CC2)cc1F. The van der Waals surface area contributed by atoms with Gasteiger partial charge in [0.05, 0.1) is 5.69 Å². The van der Waals surface area contributed by atoms with E-state index in [9.17, 15) is 9.18 Å². The number of rotatable bonds is 11. The van der Waals surface area contributed by atoms with Crippen molar-refractivity contribution in [2.75, 3.05) is 10.6 Å². The van der Waals surface area contributed by atoms with Crippen molar-refractivity contribution in [1.29, 1.82) is 0 Å². The number of halogens is 1. The van der Waals surface area contributed by atoms with Gasteiger partial charge in [-0.25, -0.2) is 4.39 Å². The number of anilines is 2. The Morgan fingerprint density at radius 1 is 1.19 bits per heavy atom. The molecule has 192 valence electrons. The molecule has 0 aliphatic heterocycles. The molecule has 2 aromatic carbocycles. The van der Waals surface area contributed by atoms with Gasteiger partial charge in [-0.3, -0.25) is 4.79 Å². The van der Waals surface area contributed by atoms with Crippen molar-refractivity contribution in [2.45, 2.75) is 64.8 Å². The zero-order valence-corrected chi connectivity index (χ0v) is 21.8. The third-order valence-electron chi connectivity index (χ3n) is 6.14. The molecule has 0 bridgehead atoms. The third kappa shape index (κ3) is 8.29. The predicted molar refractivity (Wildman–Crippen MR) is 148 cm³/mol. The van der Waals surface area contributed by atoms with Crippen LogP contribution in [-0.4, -0.2) is 11.9 Å². The molecule has 36 heavy (non-hydrogen) atoms. The van der Waals surface area contributed by atoms with Crippen LogP contribution in [0.5, 0.6) is 0 Å². The fraction of sp³-hybridized carbons (Fsp3) is 0.367. The predicted octanol–water partition coefficient (Wildman–Crippen LogP) is 6.36. The van der Waals surface area contributed by atoms with E-state index in [0.29, 0.717) is 24.4 Å². The van der Waals surface area contributed by atoms with Crippen molar-refractivity contribution in [3.8, 4) is 0 Å². The van der Waals surface area contributed by atoms with E-state index in [-0.39, 0.29) is 29.1 Å². The number of benzene rings is 2. The quantitative estimate of drug-likeness (QED) is 0.276. The number of amides is 1. The Morgan fingerprint density at radius 2 is 1.94 bits per heavy atom. The summed E-state index contributed by atoms with van der Waals surface area (Å²) in [7, 11) is 0. The molecule has 3 rings (SSSR count). The topological polar surface area (TPSA) is 79.2 Å². The van der Waals surface area contributed by atoms with Crippen LogP contribution < -0.4 is 21.7 Å². The van der Waals surface area contributed by atoms with E-state index in [2.05, 4.69) is 55.4 Å². The Labute approximate surface area is 214 Å². The lowest BCUT2D eigenvalue weighted by atomic mass is 9.87. The average Bonchev–Trinajstić information content (AvgIpc) is 3.64. The van der Waals surface area contributed by atoms with Crippen LogP contribution in [-0.2, 0) is 16.6 Å². The number of nitrogens with one attached hydrogen (secondary N) is 3. The zero-order valence-electron chi connectivity index (χ0n) is 21.8. The monoisotopic (exact) mass is 490 g/mol. The highest BCUT2D eigenvalue weighted by atomic mass is 19.1. The summed E-state index contributed by atoms with van der Waals surface area (Å²) >= 11 is 0. The average molecular weight is 491 g/mol. The lowest BCUT2D eigenvalue weighted by Gasteiger charge is -2.20. The highest BCUT2D eigenvalue weighted by Crippen LogP contribution is 2.29. The van der Waals surface area contributed by atoms with Crippen LogP contribution in [0.3, 0.4) is 0 Å². The summed E-state index contributed by atoms with van der Waals surface area (Å²) in [6.45, 7) is 12.4. The summed E-state index contributed by atoms with van der Waals surface area (Å²) in [5, 5.41) is 9.26. The Hall–Kier alpha value is -3.54. The minimum absolute atomic E-state index is 0.0337. The number of carbonyl (C=O) groups excluding carboxylic acids is 1. The molecule has 5 N–H and O–H groups in total. The highest BCUT2D eigenvalue weighted by Gasteiger charge is 2.29. The Morgan fingerprint density at radius 3 is 2.58 bits per heavy atom. The Bertz CT molecular complexity index is 1140. The zero-order chi connectivity index (χ0) is 26.3. The first-order chi connectivity index (χ1) is 17.0. The van der Waals surface area contributed by atoms with E-state index >= 15 is 0 Å². The number of allylic oxidation sites excluding steroid dienone is 2. The molecule has 1 unspecified atom stereocenters. The number of hydrogen-bond acceptors (Lipinski definition) is 4. The highest BCUT2D eigenvalue weighted by molar-refractivity contribution is 5.81. The Balaban J connectivity index is 1.57. The maximum absolute atomic E-state index is 14.8. The van der Waals surface area contributed by atoms with Gasteiger partial charge in [0, 0.05) is 17.6 Å². The number of aryl methyl sites for hydroxylation is 1. The molecule has 5 nitrogen and oxygen atoms in total. The summed E-state index contributed by atoms with van der Waals surface area (Å²) in [5.74, 6) is 0.430. The maximum Gasteiger partial charge on any atom is 0.223 e. The molecule has 1 fully saturated rings. The summed E-state index contributed by atoms with van der Waals surface area (Å²) in [4.78, 5) is 12.0. The number of carbonyl (C=O) groups is 1. The van der Waals surface area contributed by atoms with E-state index in [4.69, 9.17) is 5.73 Å². The van der Waals surface area contributed by atoms with E-state index in [0.717, 1.165) is 29.7 Å². The second-order valence-electron chi connectivity index (χ2n) is 10.5. The van der Waals surface area contributed by atoms with Gasteiger partial charge in [0.25, 0.3) is 0 Å². The molecule has 1 atom stereocenters. The van der Waals surface area contributed by atoms with E-state index in [1.807, 2.05) is 37.3 Å². The van der Waals surface area contributed by atoms with Gasteiger partial charge < -0.3 is 21.7 Å². The Kier molecular flexibility index (Phi) is 8.97. The van der Waals surface area contributed by atoms with Crippen molar-refractivity contribution in [3.63, 3.8) is 0 Å². The number of hydrogen-bond donors (Lipinski definition) is 4. The van der Waals surface area contributed by atoms with Crippen molar-refractivity contribution < 1.29 is 9.18 Å². The standard InChI is InChI=1S/C30H39FN4O/c1-20(33-29(36)24-12-13-24)17-23(15-16-32)10-9-22-11-14-28(27(31)18-22)35-21(2)34-26-8-6-7-25(19-26)30(3,4)5/h6-8,11,14-20,24,34-35H,2,9-10,12-13,32H2,1,3-5H3,(H,33,36)/b16-15-,23-17-. The van der Waals surface area contributed by atoms with Crippen molar-refractivity contribution >= 4 is 17.3 Å². The van der Waals surface area contributed by atoms with Crippen LogP contribution in [0.2, 0.25) is 0 Å². The molecule has 2 aromatic rings. The smallest absolute Gasteiger partial charge is 0.223 e. The molecule has 1 aliphatic rings. The van der Waals surface area contributed by atoms with Crippen LogP contribution in [0.4, 0.5) is 15.8 Å². The van der Waals surface area contributed by atoms with Crippen molar-refractivity contribution in [1.82, 2.24) is 5.32 Å². The third-order valence-corrected chi connectivity index (χ3v) is 6.14. The second kappa shape index (κ2) is 11.9. The first-order valence-corrected chi connectivity index (χ1v) is 12.6. The lowest BCUT2D eigenvalue weighted by Crippen LogP contribution is -2.32. The number of nitrogens with two attached hydrogens (primary N) is 1. The first-order valence-electron chi connectivity index (χ1n) is 12.6. The van der Waals surface area contributed by atoms with Gasteiger partial charge in [0.2, 0.25) is 5.91 Å². The minimum atomic E-state index is -0.344. The van der Waals surface area contributed by atoms with Gasteiger partial charge in [-0.2, -0.15) is 0 Å². The van der Waals surface area contributed by atoms with Gasteiger partial charge in [0.1, 0.15) is 11.6 Å². The summed E-state index contributed by atoms with van der Waals surface area (Å²) in [6, 6.07) is 13.2. The van der Waals surface area contributed by atoms with E-state index in [1.54, 1.807) is 6.07 Å². The summed E-state index contributed by atoms with van der Waals surface area (Å²) in [5.41, 5.74) is 9.98. The summed E-state index contributed by atoms with van der Waals surface area (Å²) in [6.07, 6.45) is 8.60. The van der Waals surface area contributed by atoms with Gasteiger partial charge in [-0.05, 0) is 91.3 Å². The van der Waals surface area contributed by atoms with Crippen LogP contribution in [0.15, 0.2) is 78.8 Å². The summed E-state index contributed by atoms with van der Waals surface area (Å²) < 4.78 is 14.8. The van der Waals surface area contributed by atoms with Gasteiger partial charge in [-0.1, -0.05) is 51.6 Å². The molecule has 6 heteroatoms. The van der Waals surface area contributed by atoms with Gasteiger partial charge in [-0.15, -0.1) is 0 Å². The van der Waals surface area contributed by atoms with Crippen LogP contribution in [0.25, 0.3) is 0 Å². The molecule has 0 radical (unpaired) electrons. The van der Waals surface area contributed by atoms with E-state index in [1.165, 1.54) is 17.8 Å². The molecule has 1 aliphatic carbocycles. The molecule has 0 heterocycles. The molecular weight excluding hydrogens is 451 g/mol. The second-order valence-corrected chi connectivity index (χ2v) is 10.5. The normalized spacial score (nSPS) is 15.0. The van der Waals surface area contributed by atoms with Crippen molar-refractivity contribution in [2.24, 2.45) is 11.7 Å². The maximum atomic E-state index is 14.8. The molecule has 1 amide bonds. The first kappa shape index (κ1) is 27.1. The van der Waals surface area contributed by atoms with Crippen LogP contribution >= 0.6 is 0 Å². The fourth-order valence-electron chi connectivity index (χ4n) is 3.93. The molecule has 0 aromatic heterocycles. The molecular formula is C30H39FN4O.